The summed E-state index contributed by atoms with van der Waals surface area (Å²) in [4.78, 5) is 15.1. The van der Waals surface area contributed by atoms with E-state index in [0.717, 1.165) is 45.8 Å². The van der Waals surface area contributed by atoms with Crippen molar-refractivity contribution in [3.8, 4) is 0 Å². The van der Waals surface area contributed by atoms with E-state index in [1.54, 1.807) is 12.4 Å². The number of aromatic nitrogens is 4. The molecular formula is C18H26N6O2. The van der Waals surface area contributed by atoms with Crippen LogP contribution in [0.1, 0.15) is 12.1 Å². The third-order valence-corrected chi connectivity index (χ3v) is 5.13. The van der Waals surface area contributed by atoms with E-state index < -0.39 is 0 Å². The van der Waals surface area contributed by atoms with Gasteiger partial charge >= 0.3 is 0 Å². The van der Waals surface area contributed by atoms with Crippen molar-refractivity contribution in [2.75, 3.05) is 44.8 Å². The lowest BCUT2D eigenvalue weighted by molar-refractivity contribution is -0.0563. The van der Waals surface area contributed by atoms with Gasteiger partial charge in [0.2, 0.25) is 5.95 Å². The molecule has 4 rings (SSSR count). The number of hydrogen-bond acceptors (Lipinski definition) is 7. The maximum atomic E-state index is 6.27. The average Bonchev–Trinajstić information content (AvgIpc) is 3.18. The van der Waals surface area contributed by atoms with E-state index in [-0.39, 0.29) is 5.60 Å². The molecule has 8 heteroatoms. The summed E-state index contributed by atoms with van der Waals surface area (Å²) in [5, 5.41) is 3.31. The van der Waals surface area contributed by atoms with Crippen LogP contribution in [0.15, 0.2) is 31.0 Å². The van der Waals surface area contributed by atoms with Gasteiger partial charge in [0.25, 0.3) is 0 Å². The van der Waals surface area contributed by atoms with Crippen molar-refractivity contribution in [1.29, 1.82) is 0 Å². The van der Waals surface area contributed by atoms with Gasteiger partial charge in [0.15, 0.2) is 0 Å². The fourth-order valence-electron chi connectivity index (χ4n) is 3.79. The van der Waals surface area contributed by atoms with Crippen LogP contribution in [-0.2, 0) is 23.1 Å². The molecular weight excluding hydrogens is 332 g/mol. The summed E-state index contributed by atoms with van der Waals surface area (Å²) < 4.78 is 14.2. The number of aryl methyl sites for hydroxylation is 1. The third-order valence-electron chi connectivity index (χ3n) is 5.13. The molecule has 2 aromatic heterocycles. The van der Waals surface area contributed by atoms with Gasteiger partial charge in [0.05, 0.1) is 31.8 Å². The monoisotopic (exact) mass is 358 g/mol. The standard InChI is InChI=1S/C18H26N6O2/c1-23-14-19-9-16(23)10-24-5-6-25-13-18(12-24)7-15(11-26-18)8-22-17-20-3-2-4-21-17/h2-4,9,14-15H,5-8,10-13H2,1H3,(H,20,21,22)/t15-,18-/m0/s1. The van der Waals surface area contributed by atoms with Gasteiger partial charge in [-0.25, -0.2) is 15.0 Å². The summed E-state index contributed by atoms with van der Waals surface area (Å²) in [7, 11) is 2.03. The summed E-state index contributed by atoms with van der Waals surface area (Å²) in [6, 6.07) is 1.82. The number of ether oxygens (including phenoxy) is 2. The summed E-state index contributed by atoms with van der Waals surface area (Å²) in [5.74, 6) is 1.10. The molecule has 0 radical (unpaired) electrons. The highest BCUT2D eigenvalue weighted by Crippen LogP contribution is 2.33. The zero-order chi connectivity index (χ0) is 17.8. The molecule has 1 spiro atoms. The van der Waals surface area contributed by atoms with Gasteiger partial charge in [-0.1, -0.05) is 0 Å². The molecule has 4 heterocycles. The Hall–Kier alpha value is -2.03. The van der Waals surface area contributed by atoms with Crippen LogP contribution in [0, 0.1) is 5.92 Å². The van der Waals surface area contributed by atoms with Crippen LogP contribution in [-0.4, -0.2) is 69.5 Å². The molecule has 1 N–H and O–H groups in total. The van der Waals surface area contributed by atoms with Gasteiger partial charge < -0.3 is 19.4 Å². The number of imidazole rings is 1. The summed E-state index contributed by atoms with van der Waals surface area (Å²) >= 11 is 0. The third kappa shape index (κ3) is 4.03. The Kier molecular flexibility index (Phi) is 5.14. The Morgan fingerprint density at radius 3 is 3.04 bits per heavy atom. The van der Waals surface area contributed by atoms with Crippen molar-refractivity contribution < 1.29 is 9.47 Å². The topological polar surface area (TPSA) is 77.3 Å². The first-order valence-electron chi connectivity index (χ1n) is 9.13. The molecule has 2 aromatic rings. The van der Waals surface area contributed by atoms with Crippen molar-refractivity contribution >= 4 is 5.95 Å². The molecule has 26 heavy (non-hydrogen) atoms. The van der Waals surface area contributed by atoms with E-state index in [1.165, 1.54) is 5.69 Å². The predicted octanol–water partition coefficient (Wildman–Crippen LogP) is 0.930. The van der Waals surface area contributed by atoms with Gasteiger partial charge in [0.1, 0.15) is 5.60 Å². The highest BCUT2D eigenvalue weighted by Gasteiger charge is 2.43. The van der Waals surface area contributed by atoms with Crippen molar-refractivity contribution in [2.45, 2.75) is 18.6 Å². The van der Waals surface area contributed by atoms with Crippen molar-refractivity contribution in [1.82, 2.24) is 24.4 Å². The van der Waals surface area contributed by atoms with Gasteiger partial charge in [0, 0.05) is 57.7 Å². The first-order valence-corrected chi connectivity index (χ1v) is 9.13. The Bertz CT molecular complexity index is 709. The Morgan fingerprint density at radius 2 is 2.23 bits per heavy atom. The van der Waals surface area contributed by atoms with Crippen LogP contribution in [0.5, 0.6) is 0 Å². The Morgan fingerprint density at radius 1 is 1.35 bits per heavy atom. The van der Waals surface area contributed by atoms with E-state index in [4.69, 9.17) is 9.47 Å². The number of nitrogens with zero attached hydrogens (tertiary/aromatic N) is 5. The quantitative estimate of drug-likeness (QED) is 0.852. The minimum absolute atomic E-state index is 0.223. The molecule has 0 unspecified atom stereocenters. The maximum absolute atomic E-state index is 6.27. The first-order chi connectivity index (χ1) is 12.7. The molecule has 8 nitrogen and oxygen atoms in total. The zero-order valence-corrected chi connectivity index (χ0v) is 15.2. The number of hydrogen-bond donors (Lipinski definition) is 1. The molecule has 0 amide bonds. The lowest BCUT2D eigenvalue weighted by Gasteiger charge is -2.31. The van der Waals surface area contributed by atoms with E-state index in [9.17, 15) is 0 Å². The van der Waals surface area contributed by atoms with Crippen molar-refractivity contribution in [2.24, 2.45) is 13.0 Å². The maximum Gasteiger partial charge on any atom is 0.222 e. The lowest BCUT2D eigenvalue weighted by Crippen LogP contribution is -2.44. The highest BCUT2D eigenvalue weighted by atomic mass is 16.5. The first kappa shape index (κ1) is 17.4. The minimum atomic E-state index is -0.223. The van der Waals surface area contributed by atoms with Gasteiger partial charge in [-0.05, 0) is 12.5 Å². The van der Waals surface area contributed by atoms with Gasteiger partial charge in [-0.3, -0.25) is 4.90 Å². The molecule has 2 atom stereocenters. The van der Waals surface area contributed by atoms with Crippen LogP contribution >= 0.6 is 0 Å². The van der Waals surface area contributed by atoms with Crippen LogP contribution < -0.4 is 5.32 Å². The number of anilines is 1. The lowest BCUT2D eigenvalue weighted by atomic mass is 9.94. The fraction of sp³-hybridized carbons (Fsp3) is 0.611. The summed E-state index contributed by atoms with van der Waals surface area (Å²) in [5.41, 5.74) is 0.985. The molecule has 2 saturated heterocycles. The Labute approximate surface area is 153 Å². The number of nitrogens with one attached hydrogen (secondary N) is 1. The second kappa shape index (κ2) is 7.69. The van der Waals surface area contributed by atoms with Crippen molar-refractivity contribution in [3.05, 3.63) is 36.7 Å². The molecule has 0 aliphatic carbocycles. The molecule has 2 fully saturated rings. The van der Waals surface area contributed by atoms with E-state index in [2.05, 4.69) is 29.7 Å². The van der Waals surface area contributed by atoms with Gasteiger partial charge in [-0.15, -0.1) is 0 Å². The molecule has 140 valence electrons. The average molecular weight is 358 g/mol. The second-order valence-corrected chi connectivity index (χ2v) is 7.28. The predicted molar refractivity (Wildman–Crippen MR) is 96.6 cm³/mol. The van der Waals surface area contributed by atoms with Crippen LogP contribution in [0.25, 0.3) is 0 Å². The fourth-order valence-corrected chi connectivity index (χ4v) is 3.79. The summed E-state index contributed by atoms with van der Waals surface area (Å²) in [6.45, 7) is 5.62. The molecule has 0 saturated carbocycles. The largest absolute Gasteiger partial charge is 0.377 e. The number of rotatable bonds is 5. The Balaban J connectivity index is 1.35. The molecule has 2 aliphatic rings. The SMILES string of the molecule is Cn1cncc1CN1CCOC[C@]2(C[C@@H](CNc3ncccn3)CO2)C1. The summed E-state index contributed by atoms with van der Waals surface area (Å²) in [6.07, 6.45) is 8.25. The van der Waals surface area contributed by atoms with Gasteiger partial charge in [-0.2, -0.15) is 0 Å². The zero-order valence-electron chi connectivity index (χ0n) is 15.2. The van der Waals surface area contributed by atoms with E-state index in [0.29, 0.717) is 18.5 Å². The van der Waals surface area contributed by atoms with Crippen LogP contribution in [0.3, 0.4) is 0 Å². The molecule has 0 bridgehead atoms. The second-order valence-electron chi connectivity index (χ2n) is 7.28. The van der Waals surface area contributed by atoms with Crippen LogP contribution in [0.4, 0.5) is 5.95 Å². The smallest absolute Gasteiger partial charge is 0.222 e. The highest BCUT2D eigenvalue weighted by molar-refractivity contribution is 5.22. The van der Waals surface area contributed by atoms with E-state index >= 15 is 0 Å². The van der Waals surface area contributed by atoms with E-state index in [1.807, 2.05) is 25.6 Å². The normalized spacial score (nSPS) is 26.9. The molecule has 2 aliphatic heterocycles. The van der Waals surface area contributed by atoms with Crippen LogP contribution in [0.2, 0.25) is 0 Å². The molecule has 0 aromatic carbocycles. The minimum Gasteiger partial charge on any atom is -0.377 e. The van der Waals surface area contributed by atoms with Crippen molar-refractivity contribution in [3.63, 3.8) is 0 Å².